The van der Waals surface area contributed by atoms with E-state index < -0.39 is 0 Å². The van der Waals surface area contributed by atoms with Crippen molar-refractivity contribution in [2.45, 2.75) is 20.8 Å². The molecular formula is C10H13NS. The molecule has 0 heterocycles. The standard InChI is InChI=1S/C10H13NS/c1-7-4-8(2)10(11-6-12)9(3)5-7/h4-6H,1-3H3,(H,11,12). The number of benzene rings is 1. The molecule has 1 aromatic rings. The van der Waals surface area contributed by atoms with Gasteiger partial charge in [0.05, 0.1) is 5.49 Å². The van der Waals surface area contributed by atoms with Crippen LogP contribution in [0.1, 0.15) is 16.7 Å². The van der Waals surface area contributed by atoms with Gasteiger partial charge in [-0.25, -0.2) is 0 Å². The van der Waals surface area contributed by atoms with E-state index in [1.54, 1.807) is 5.49 Å². The predicted molar refractivity (Wildman–Crippen MR) is 57.9 cm³/mol. The van der Waals surface area contributed by atoms with Crippen molar-refractivity contribution in [1.82, 2.24) is 0 Å². The first kappa shape index (κ1) is 9.20. The summed E-state index contributed by atoms with van der Waals surface area (Å²) >= 11 is 4.75. The molecule has 0 saturated carbocycles. The van der Waals surface area contributed by atoms with Gasteiger partial charge in [0, 0.05) is 5.69 Å². The monoisotopic (exact) mass is 179 g/mol. The molecule has 0 amide bonds. The highest BCUT2D eigenvalue weighted by Crippen LogP contribution is 2.20. The lowest BCUT2D eigenvalue weighted by atomic mass is 10.1. The fourth-order valence-electron chi connectivity index (χ4n) is 1.47. The SMILES string of the molecule is Cc1cc(C)c(NC=S)c(C)c1. The van der Waals surface area contributed by atoms with Gasteiger partial charge in [0.15, 0.2) is 0 Å². The van der Waals surface area contributed by atoms with Crippen LogP contribution in [0.5, 0.6) is 0 Å². The van der Waals surface area contributed by atoms with E-state index in [1.165, 1.54) is 16.7 Å². The minimum absolute atomic E-state index is 1.13. The maximum atomic E-state index is 4.75. The number of aryl methyl sites for hydroxylation is 3. The molecule has 0 aliphatic heterocycles. The van der Waals surface area contributed by atoms with Crippen LogP contribution in [0.2, 0.25) is 0 Å². The van der Waals surface area contributed by atoms with Crippen LogP contribution in [-0.4, -0.2) is 5.49 Å². The molecule has 0 aromatic heterocycles. The normalized spacial score (nSPS) is 9.58. The van der Waals surface area contributed by atoms with E-state index in [0.717, 1.165) is 5.69 Å². The number of nitrogens with one attached hydrogen (secondary N) is 1. The molecule has 0 saturated heterocycles. The lowest BCUT2D eigenvalue weighted by Gasteiger charge is -2.09. The minimum Gasteiger partial charge on any atom is -0.352 e. The first-order valence-corrected chi connectivity index (χ1v) is 4.40. The van der Waals surface area contributed by atoms with Crippen molar-refractivity contribution in [3.05, 3.63) is 28.8 Å². The molecule has 0 fully saturated rings. The van der Waals surface area contributed by atoms with Crippen LogP contribution in [0.3, 0.4) is 0 Å². The van der Waals surface area contributed by atoms with E-state index in [-0.39, 0.29) is 0 Å². The summed E-state index contributed by atoms with van der Waals surface area (Å²) in [6.07, 6.45) is 0. The van der Waals surface area contributed by atoms with Crippen LogP contribution in [0.4, 0.5) is 5.69 Å². The Hall–Kier alpha value is -0.890. The molecule has 64 valence electrons. The van der Waals surface area contributed by atoms with Crippen LogP contribution in [0.15, 0.2) is 12.1 Å². The van der Waals surface area contributed by atoms with E-state index >= 15 is 0 Å². The van der Waals surface area contributed by atoms with E-state index in [1.807, 2.05) is 0 Å². The summed E-state index contributed by atoms with van der Waals surface area (Å²) in [7, 11) is 0. The molecule has 0 atom stereocenters. The second kappa shape index (κ2) is 3.68. The molecule has 2 heteroatoms. The molecule has 0 radical (unpaired) electrons. The minimum atomic E-state index is 1.13. The Morgan fingerprint density at radius 2 is 1.67 bits per heavy atom. The fraction of sp³-hybridized carbons (Fsp3) is 0.300. The summed E-state index contributed by atoms with van der Waals surface area (Å²) in [5.74, 6) is 0. The van der Waals surface area contributed by atoms with Crippen LogP contribution in [0, 0.1) is 20.8 Å². The molecule has 0 unspecified atom stereocenters. The van der Waals surface area contributed by atoms with Gasteiger partial charge in [-0.05, 0) is 31.9 Å². The molecule has 0 spiro atoms. The highest BCUT2D eigenvalue weighted by Gasteiger charge is 2.00. The average Bonchev–Trinajstić information content (AvgIpc) is 1.96. The maximum absolute atomic E-state index is 4.75. The first-order valence-electron chi connectivity index (χ1n) is 3.93. The Kier molecular flexibility index (Phi) is 2.82. The second-order valence-electron chi connectivity index (χ2n) is 3.04. The number of thiocarbonyl (C=S) groups is 1. The van der Waals surface area contributed by atoms with Crippen LogP contribution in [0.25, 0.3) is 0 Å². The molecule has 0 aliphatic carbocycles. The average molecular weight is 179 g/mol. The van der Waals surface area contributed by atoms with Gasteiger partial charge in [0.1, 0.15) is 0 Å². The largest absolute Gasteiger partial charge is 0.352 e. The number of hydrogen-bond acceptors (Lipinski definition) is 1. The summed E-state index contributed by atoms with van der Waals surface area (Å²) in [6.45, 7) is 6.27. The van der Waals surface area contributed by atoms with Gasteiger partial charge in [-0.2, -0.15) is 0 Å². The number of hydrogen-bond donors (Lipinski definition) is 1. The summed E-state index contributed by atoms with van der Waals surface area (Å²) in [6, 6.07) is 4.29. The Morgan fingerprint density at radius 1 is 1.17 bits per heavy atom. The summed E-state index contributed by atoms with van der Waals surface area (Å²) in [5, 5.41) is 3.06. The zero-order valence-electron chi connectivity index (χ0n) is 7.64. The van der Waals surface area contributed by atoms with Crippen molar-refractivity contribution in [1.29, 1.82) is 0 Å². The Labute approximate surface area is 78.8 Å². The van der Waals surface area contributed by atoms with Crippen molar-refractivity contribution in [3.8, 4) is 0 Å². The van der Waals surface area contributed by atoms with Gasteiger partial charge in [0.2, 0.25) is 0 Å². The summed E-state index contributed by atoms with van der Waals surface area (Å²) < 4.78 is 0. The summed E-state index contributed by atoms with van der Waals surface area (Å²) in [4.78, 5) is 0. The van der Waals surface area contributed by atoms with Crippen LogP contribution >= 0.6 is 12.2 Å². The number of anilines is 1. The smallest absolute Gasteiger partial charge is 0.0659 e. The van der Waals surface area contributed by atoms with Gasteiger partial charge in [-0.3, -0.25) is 0 Å². The molecule has 12 heavy (non-hydrogen) atoms. The van der Waals surface area contributed by atoms with Crippen molar-refractivity contribution in [2.24, 2.45) is 0 Å². The van der Waals surface area contributed by atoms with Crippen molar-refractivity contribution in [3.63, 3.8) is 0 Å². The topological polar surface area (TPSA) is 12.0 Å². The molecule has 1 nitrogen and oxygen atoms in total. The molecular weight excluding hydrogens is 166 g/mol. The lowest BCUT2D eigenvalue weighted by Crippen LogP contribution is -1.98. The Morgan fingerprint density at radius 3 is 2.08 bits per heavy atom. The zero-order valence-corrected chi connectivity index (χ0v) is 8.46. The summed E-state index contributed by atoms with van der Waals surface area (Å²) in [5.41, 5.74) is 6.46. The highest BCUT2D eigenvalue weighted by molar-refractivity contribution is 7.79. The van der Waals surface area contributed by atoms with Crippen LogP contribution < -0.4 is 5.32 Å². The lowest BCUT2D eigenvalue weighted by molar-refractivity contribution is 1.32. The number of rotatable bonds is 2. The van der Waals surface area contributed by atoms with Crippen molar-refractivity contribution in [2.75, 3.05) is 5.32 Å². The predicted octanol–water partition coefficient (Wildman–Crippen LogP) is 2.98. The fourth-order valence-corrected chi connectivity index (χ4v) is 1.58. The Balaban J connectivity index is 3.18. The van der Waals surface area contributed by atoms with E-state index in [9.17, 15) is 0 Å². The third-order valence-electron chi connectivity index (χ3n) is 1.88. The quantitative estimate of drug-likeness (QED) is 0.700. The first-order chi connectivity index (χ1) is 5.65. The molecule has 0 bridgehead atoms. The van der Waals surface area contributed by atoms with E-state index in [2.05, 4.69) is 38.2 Å². The van der Waals surface area contributed by atoms with Crippen molar-refractivity contribution >= 4 is 23.4 Å². The molecule has 1 N–H and O–H groups in total. The van der Waals surface area contributed by atoms with E-state index in [4.69, 9.17) is 12.2 Å². The van der Waals surface area contributed by atoms with Crippen LogP contribution in [-0.2, 0) is 0 Å². The third kappa shape index (κ3) is 1.83. The zero-order chi connectivity index (χ0) is 9.14. The highest BCUT2D eigenvalue weighted by atomic mass is 32.1. The van der Waals surface area contributed by atoms with Gasteiger partial charge >= 0.3 is 0 Å². The third-order valence-corrected chi connectivity index (χ3v) is 2.00. The van der Waals surface area contributed by atoms with Gasteiger partial charge in [-0.15, -0.1) is 0 Å². The molecule has 0 aliphatic rings. The maximum Gasteiger partial charge on any atom is 0.0659 e. The van der Waals surface area contributed by atoms with E-state index in [0.29, 0.717) is 0 Å². The van der Waals surface area contributed by atoms with Gasteiger partial charge in [0.25, 0.3) is 0 Å². The second-order valence-corrected chi connectivity index (χ2v) is 3.27. The molecule has 1 aromatic carbocycles. The Bertz CT molecular complexity index is 282. The van der Waals surface area contributed by atoms with Gasteiger partial charge < -0.3 is 5.32 Å². The van der Waals surface area contributed by atoms with Gasteiger partial charge in [-0.1, -0.05) is 29.9 Å². The van der Waals surface area contributed by atoms with Crippen molar-refractivity contribution < 1.29 is 0 Å². The molecule has 1 rings (SSSR count).